The lowest BCUT2D eigenvalue weighted by atomic mass is 10.1. The molecule has 2 unspecified atom stereocenters. The smallest absolute Gasteiger partial charge is 0.251 e. The SMILES string of the molecule is O=C(NC1CCOC1C1CC1)c1ccc(Br)c(O)c1. The van der Waals surface area contributed by atoms with Gasteiger partial charge >= 0.3 is 0 Å². The largest absolute Gasteiger partial charge is 0.507 e. The van der Waals surface area contributed by atoms with Crippen molar-refractivity contribution in [1.29, 1.82) is 0 Å². The predicted molar refractivity (Wildman–Crippen MR) is 74.1 cm³/mol. The number of hydrogen-bond acceptors (Lipinski definition) is 3. The topological polar surface area (TPSA) is 58.6 Å². The Balaban J connectivity index is 1.68. The van der Waals surface area contributed by atoms with E-state index in [2.05, 4.69) is 21.2 Å². The Morgan fingerprint density at radius 3 is 2.84 bits per heavy atom. The molecule has 1 aliphatic heterocycles. The number of carbonyl (C=O) groups is 1. The van der Waals surface area contributed by atoms with Crippen molar-refractivity contribution in [2.45, 2.75) is 31.4 Å². The van der Waals surface area contributed by atoms with Crippen LogP contribution in [0.1, 0.15) is 29.6 Å². The molecular weight excluding hydrogens is 310 g/mol. The molecule has 19 heavy (non-hydrogen) atoms. The number of nitrogens with one attached hydrogen (secondary N) is 1. The molecule has 0 spiro atoms. The van der Waals surface area contributed by atoms with Crippen LogP contribution in [-0.4, -0.2) is 29.8 Å². The van der Waals surface area contributed by atoms with E-state index in [0.29, 0.717) is 16.0 Å². The molecule has 2 aliphatic rings. The van der Waals surface area contributed by atoms with Gasteiger partial charge in [0.05, 0.1) is 16.6 Å². The van der Waals surface area contributed by atoms with Crippen molar-refractivity contribution in [3.8, 4) is 5.75 Å². The Hall–Kier alpha value is -1.07. The van der Waals surface area contributed by atoms with Crippen LogP contribution < -0.4 is 5.32 Å². The molecule has 4 nitrogen and oxygen atoms in total. The van der Waals surface area contributed by atoms with Crippen LogP contribution in [0.5, 0.6) is 5.75 Å². The van der Waals surface area contributed by atoms with E-state index in [0.717, 1.165) is 13.0 Å². The standard InChI is InChI=1S/C14H16BrNO3/c15-10-4-3-9(7-12(10)17)14(18)16-11-5-6-19-13(11)8-1-2-8/h3-4,7-8,11,13,17H,1-2,5-6H2,(H,16,18). The summed E-state index contributed by atoms with van der Waals surface area (Å²) in [7, 11) is 0. The van der Waals surface area contributed by atoms with Gasteiger partial charge in [0.15, 0.2) is 0 Å². The average molecular weight is 326 g/mol. The van der Waals surface area contributed by atoms with Crippen LogP contribution >= 0.6 is 15.9 Å². The molecule has 1 aromatic carbocycles. The third kappa shape index (κ3) is 2.77. The highest BCUT2D eigenvalue weighted by Gasteiger charge is 2.41. The van der Waals surface area contributed by atoms with Crippen molar-refractivity contribution in [2.24, 2.45) is 5.92 Å². The van der Waals surface area contributed by atoms with Gasteiger partial charge in [0, 0.05) is 12.2 Å². The molecule has 1 aliphatic carbocycles. The molecule has 1 saturated carbocycles. The Morgan fingerprint density at radius 2 is 2.16 bits per heavy atom. The highest BCUT2D eigenvalue weighted by molar-refractivity contribution is 9.10. The van der Waals surface area contributed by atoms with Gasteiger partial charge in [0.2, 0.25) is 0 Å². The Bertz CT molecular complexity index is 501. The molecule has 3 rings (SSSR count). The number of aromatic hydroxyl groups is 1. The number of amides is 1. The summed E-state index contributed by atoms with van der Waals surface area (Å²) in [5, 5.41) is 12.6. The van der Waals surface area contributed by atoms with Crippen LogP contribution in [0.15, 0.2) is 22.7 Å². The number of phenolic OH excluding ortho intramolecular Hbond substituents is 1. The molecule has 0 bridgehead atoms. The quantitative estimate of drug-likeness (QED) is 0.897. The Labute approximate surface area is 120 Å². The van der Waals surface area contributed by atoms with Gasteiger partial charge in [-0.15, -0.1) is 0 Å². The van der Waals surface area contributed by atoms with Gasteiger partial charge < -0.3 is 15.2 Å². The van der Waals surface area contributed by atoms with Crippen LogP contribution in [0, 0.1) is 5.92 Å². The second kappa shape index (κ2) is 5.13. The maximum atomic E-state index is 12.2. The molecule has 1 amide bonds. The van der Waals surface area contributed by atoms with E-state index in [1.54, 1.807) is 12.1 Å². The van der Waals surface area contributed by atoms with E-state index in [9.17, 15) is 9.90 Å². The van der Waals surface area contributed by atoms with Crippen LogP contribution in [0.25, 0.3) is 0 Å². The molecule has 102 valence electrons. The summed E-state index contributed by atoms with van der Waals surface area (Å²) in [5.74, 6) is 0.545. The lowest BCUT2D eigenvalue weighted by Crippen LogP contribution is -2.41. The first-order valence-corrected chi connectivity index (χ1v) is 7.35. The number of hydrogen-bond donors (Lipinski definition) is 2. The van der Waals surface area contributed by atoms with Crippen molar-refractivity contribution in [2.75, 3.05) is 6.61 Å². The predicted octanol–water partition coefficient (Wildman–Crippen LogP) is 2.45. The van der Waals surface area contributed by atoms with Crippen molar-refractivity contribution >= 4 is 21.8 Å². The molecule has 2 N–H and O–H groups in total. The van der Waals surface area contributed by atoms with Crippen molar-refractivity contribution in [3.05, 3.63) is 28.2 Å². The van der Waals surface area contributed by atoms with E-state index in [4.69, 9.17) is 4.74 Å². The summed E-state index contributed by atoms with van der Waals surface area (Å²) in [4.78, 5) is 12.2. The average Bonchev–Trinajstić information content (AvgIpc) is 3.13. The zero-order chi connectivity index (χ0) is 13.4. The Morgan fingerprint density at radius 1 is 1.37 bits per heavy atom. The maximum Gasteiger partial charge on any atom is 0.251 e. The van der Waals surface area contributed by atoms with E-state index < -0.39 is 0 Å². The zero-order valence-electron chi connectivity index (χ0n) is 10.4. The molecule has 5 heteroatoms. The summed E-state index contributed by atoms with van der Waals surface area (Å²) < 4.78 is 6.28. The number of ether oxygens (including phenoxy) is 1. The van der Waals surface area contributed by atoms with Crippen molar-refractivity contribution < 1.29 is 14.6 Å². The number of phenols is 1. The molecule has 2 atom stereocenters. The fourth-order valence-electron chi connectivity index (χ4n) is 2.56. The lowest BCUT2D eigenvalue weighted by molar-refractivity contribution is 0.0729. The highest BCUT2D eigenvalue weighted by Crippen LogP contribution is 2.38. The van der Waals surface area contributed by atoms with Crippen LogP contribution in [0.2, 0.25) is 0 Å². The third-order valence-electron chi connectivity index (χ3n) is 3.75. The number of benzene rings is 1. The summed E-state index contributed by atoms with van der Waals surface area (Å²) >= 11 is 3.20. The van der Waals surface area contributed by atoms with Gasteiger partial charge in [0.1, 0.15) is 5.75 Å². The summed E-state index contributed by atoms with van der Waals surface area (Å²) in [6, 6.07) is 4.95. The van der Waals surface area contributed by atoms with E-state index >= 15 is 0 Å². The van der Waals surface area contributed by atoms with Gasteiger partial charge in [-0.25, -0.2) is 0 Å². The number of carbonyl (C=O) groups excluding carboxylic acids is 1. The fourth-order valence-corrected chi connectivity index (χ4v) is 2.81. The van der Waals surface area contributed by atoms with Crippen molar-refractivity contribution in [3.63, 3.8) is 0 Å². The van der Waals surface area contributed by atoms with Crippen LogP contribution in [0.4, 0.5) is 0 Å². The molecule has 1 aromatic rings. The molecule has 2 fully saturated rings. The summed E-state index contributed by atoms with van der Waals surface area (Å²) in [6.07, 6.45) is 3.45. The minimum atomic E-state index is -0.149. The molecule has 0 aromatic heterocycles. The maximum absolute atomic E-state index is 12.2. The first kappa shape index (κ1) is 12.9. The first-order valence-electron chi connectivity index (χ1n) is 6.56. The second-order valence-electron chi connectivity index (χ2n) is 5.21. The minimum Gasteiger partial charge on any atom is -0.507 e. The summed E-state index contributed by atoms with van der Waals surface area (Å²) in [6.45, 7) is 0.720. The minimum absolute atomic E-state index is 0.0778. The third-order valence-corrected chi connectivity index (χ3v) is 4.42. The van der Waals surface area contributed by atoms with Crippen LogP contribution in [-0.2, 0) is 4.74 Å². The van der Waals surface area contributed by atoms with Gasteiger partial charge in [-0.2, -0.15) is 0 Å². The molecule has 1 saturated heterocycles. The van der Waals surface area contributed by atoms with E-state index in [1.807, 2.05) is 0 Å². The lowest BCUT2D eigenvalue weighted by Gasteiger charge is -2.19. The Kier molecular flexibility index (Phi) is 3.50. The van der Waals surface area contributed by atoms with Crippen molar-refractivity contribution in [1.82, 2.24) is 5.32 Å². The van der Waals surface area contributed by atoms with Gasteiger partial charge in [0.25, 0.3) is 5.91 Å². The monoisotopic (exact) mass is 325 g/mol. The molecule has 0 radical (unpaired) electrons. The van der Waals surface area contributed by atoms with Gasteiger partial charge in [-0.05, 0) is 59.3 Å². The zero-order valence-corrected chi connectivity index (χ0v) is 12.0. The fraction of sp³-hybridized carbons (Fsp3) is 0.500. The summed E-state index contributed by atoms with van der Waals surface area (Å²) in [5.41, 5.74) is 0.474. The first-order chi connectivity index (χ1) is 9.15. The van der Waals surface area contributed by atoms with Gasteiger partial charge in [-0.1, -0.05) is 0 Å². The van der Waals surface area contributed by atoms with E-state index in [1.165, 1.54) is 18.9 Å². The van der Waals surface area contributed by atoms with Gasteiger partial charge in [-0.3, -0.25) is 4.79 Å². The normalized spacial score (nSPS) is 26.4. The van der Waals surface area contributed by atoms with Crippen LogP contribution in [0.3, 0.4) is 0 Å². The second-order valence-corrected chi connectivity index (χ2v) is 6.06. The molecule has 1 heterocycles. The number of halogens is 1. The molecular formula is C14H16BrNO3. The number of rotatable bonds is 3. The highest BCUT2D eigenvalue weighted by atomic mass is 79.9. The van der Waals surface area contributed by atoms with E-state index in [-0.39, 0.29) is 23.8 Å².